The fourth-order valence-corrected chi connectivity index (χ4v) is 14.9. The molecule has 0 aliphatic heterocycles. The van der Waals surface area contributed by atoms with Crippen molar-refractivity contribution in [2.45, 2.75) is 0 Å². The molecule has 0 radical (unpaired) electrons. The van der Waals surface area contributed by atoms with Gasteiger partial charge in [0.2, 0.25) is 0 Å². The van der Waals surface area contributed by atoms with Crippen LogP contribution in [0.3, 0.4) is 0 Å². The summed E-state index contributed by atoms with van der Waals surface area (Å²) in [5, 5.41) is 2.85. The molecule has 0 fully saturated rings. The van der Waals surface area contributed by atoms with Crippen LogP contribution in [0.25, 0.3) is 0 Å². The fourth-order valence-electron chi connectivity index (χ4n) is 1.83. The molecular formula is C14H14P2Se4-2. The Labute approximate surface area is 152 Å². The first kappa shape index (κ1) is 17.7. The Hall–Kier alpha value is 1.38. The Morgan fingerprint density at radius 3 is 1.25 bits per heavy atom. The van der Waals surface area contributed by atoms with Crippen molar-refractivity contribution in [3.05, 3.63) is 60.7 Å². The van der Waals surface area contributed by atoms with Gasteiger partial charge in [0.1, 0.15) is 0 Å². The van der Waals surface area contributed by atoms with Crippen LogP contribution in [0, 0.1) is 0 Å². The molecule has 0 N–H and O–H groups in total. The Kier molecular flexibility index (Phi) is 6.89. The fraction of sp³-hybridized carbons (Fsp3) is 0.143. The zero-order chi connectivity index (χ0) is 14.6. The molecule has 0 aromatic heterocycles. The van der Waals surface area contributed by atoms with Gasteiger partial charge in [-0.3, -0.25) is 0 Å². The summed E-state index contributed by atoms with van der Waals surface area (Å²) in [6.07, 6.45) is 2.36. The maximum atomic E-state index is 3.44. The molecule has 2 rings (SSSR count). The minimum atomic E-state index is -1.27. The molecule has 0 aliphatic carbocycles. The van der Waals surface area contributed by atoms with Gasteiger partial charge in [0.25, 0.3) is 0 Å². The Morgan fingerprint density at radius 2 is 0.950 bits per heavy atom. The second-order valence-electron chi connectivity index (χ2n) is 4.47. The first-order chi connectivity index (χ1) is 9.42. The van der Waals surface area contributed by atoms with Gasteiger partial charge in [-0.25, -0.2) is 0 Å². The van der Waals surface area contributed by atoms with Crippen LogP contribution in [0.1, 0.15) is 0 Å². The second-order valence-corrected chi connectivity index (χ2v) is 31.8. The molecule has 0 nitrogen and oxygen atoms in total. The topological polar surface area (TPSA) is 0 Å². The average Bonchev–Trinajstić information content (AvgIpc) is 2.47. The zero-order valence-corrected chi connectivity index (χ0v) is 19.4. The standard InChI is InChI=1S/C14H16P2Se4/c17-15(18,13-7-3-1-4-8-13)11-12-16(19,20)14-9-5-2-6-10-14/h1-10H,11-12H2,(H,17,18)(H,19,20)/p-2. The molecule has 2 atom stereocenters. The van der Waals surface area contributed by atoms with Crippen LogP contribution >= 0.6 is 8.40 Å². The minimum absolute atomic E-state index is 1.18. The van der Waals surface area contributed by atoms with Crippen LogP contribution in [0.2, 0.25) is 0 Å². The molecule has 0 saturated heterocycles. The summed E-state index contributed by atoms with van der Waals surface area (Å²) in [4.78, 5) is 0. The first-order valence-corrected chi connectivity index (χ1v) is 18.9. The zero-order valence-electron chi connectivity index (χ0n) is 10.7. The van der Waals surface area contributed by atoms with Gasteiger partial charge in [-0.2, -0.15) is 0 Å². The van der Waals surface area contributed by atoms with Gasteiger partial charge < -0.3 is 0 Å². The summed E-state index contributed by atoms with van der Waals surface area (Å²) >= 11 is 13.8. The van der Waals surface area contributed by atoms with Crippen LogP contribution in [-0.2, 0) is 0 Å². The second kappa shape index (κ2) is 7.77. The molecule has 0 spiro atoms. The Bertz CT molecular complexity index is 596. The van der Waals surface area contributed by atoms with Crippen molar-refractivity contribution in [2.24, 2.45) is 0 Å². The third-order valence-corrected chi connectivity index (χ3v) is 17.0. The first-order valence-electron chi connectivity index (χ1n) is 6.13. The van der Waals surface area contributed by atoms with Crippen LogP contribution in [-0.4, -0.2) is 73.7 Å². The van der Waals surface area contributed by atoms with Gasteiger partial charge in [-0.15, -0.1) is 0 Å². The van der Waals surface area contributed by atoms with E-state index < -0.39 is 8.40 Å². The Balaban J connectivity index is 2.12. The molecule has 20 heavy (non-hydrogen) atoms. The van der Waals surface area contributed by atoms with E-state index in [0.717, 1.165) is 0 Å². The number of hydrogen-bond acceptors (Lipinski definition) is 0. The summed E-state index contributed by atoms with van der Waals surface area (Å²) in [5.41, 5.74) is 0. The van der Waals surface area contributed by atoms with Crippen LogP contribution < -0.4 is 10.6 Å². The summed E-state index contributed by atoms with van der Waals surface area (Å²) in [6, 6.07) is 21.5. The number of rotatable bonds is 5. The van der Waals surface area contributed by atoms with Crippen LogP contribution in [0.4, 0.5) is 0 Å². The molecular weight excluding hydrogens is 546 g/mol. The van der Waals surface area contributed by atoms with E-state index in [4.69, 9.17) is 0 Å². The van der Waals surface area contributed by atoms with E-state index in [2.05, 4.69) is 122 Å². The predicted octanol–water partition coefficient (Wildman–Crippen LogP) is 2.01. The van der Waals surface area contributed by atoms with Gasteiger partial charge in [0.05, 0.1) is 0 Å². The van der Waals surface area contributed by atoms with Crippen LogP contribution in [0.5, 0.6) is 0 Å². The molecule has 0 aliphatic rings. The summed E-state index contributed by atoms with van der Waals surface area (Å²) in [7, 11) is 0. The van der Waals surface area contributed by atoms with E-state index in [-0.39, 0.29) is 0 Å². The maximum absolute atomic E-state index is 3.44. The van der Waals surface area contributed by atoms with Gasteiger partial charge in [-0.1, -0.05) is 0 Å². The van der Waals surface area contributed by atoms with Crippen molar-refractivity contribution in [1.82, 2.24) is 0 Å². The Morgan fingerprint density at radius 1 is 0.650 bits per heavy atom. The summed E-state index contributed by atoms with van der Waals surface area (Å²) in [6.45, 7) is 0. The molecule has 0 heterocycles. The summed E-state index contributed by atoms with van der Waals surface area (Å²) in [5.74, 6) is 0. The molecule has 0 bridgehead atoms. The van der Waals surface area contributed by atoms with Crippen molar-refractivity contribution in [1.29, 1.82) is 0 Å². The molecule has 6 heteroatoms. The summed E-state index contributed by atoms with van der Waals surface area (Å²) < 4.78 is -2.55. The van der Waals surface area contributed by atoms with Gasteiger partial charge in [0.15, 0.2) is 0 Å². The van der Waals surface area contributed by atoms with E-state index in [9.17, 15) is 0 Å². The number of hydrogen-bond donors (Lipinski definition) is 0. The van der Waals surface area contributed by atoms with Crippen molar-refractivity contribution in [3.8, 4) is 0 Å². The van der Waals surface area contributed by atoms with E-state index in [0.29, 0.717) is 0 Å². The van der Waals surface area contributed by atoms with E-state index in [1.54, 1.807) is 0 Å². The normalized spacial score (nSPS) is 17.1. The third-order valence-electron chi connectivity index (χ3n) is 2.99. The average molecular weight is 560 g/mol. The predicted molar refractivity (Wildman–Crippen MR) is 98.7 cm³/mol. The van der Waals surface area contributed by atoms with E-state index >= 15 is 0 Å². The molecule has 106 valence electrons. The monoisotopic (exact) mass is 564 g/mol. The quantitative estimate of drug-likeness (QED) is 0.388. The van der Waals surface area contributed by atoms with E-state index in [1.165, 1.54) is 22.9 Å². The molecule has 2 aromatic rings. The van der Waals surface area contributed by atoms with Gasteiger partial charge in [0, 0.05) is 0 Å². The van der Waals surface area contributed by atoms with Crippen LogP contribution in [0.15, 0.2) is 60.7 Å². The molecule has 0 unspecified atom stereocenters. The van der Waals surface area contributed by atoms with Crippen molar-refractivity contribution in [2.75, 3.05) is 12.3 Å². The molecule has 0 amide bonds. The SMILES string of the molecule is [Se]=[P@@]([Se-])(CC[P@@](=[Se])([Se-])c1ccccc1)c1ccccc1. The van der Waals surface area contributed by atoms with Gasteiger partial charge in [-0.05, 0) is 0 Å². The van der Waals surface area contributed by atoms with Crippen molar-refractivity contribution in [3.63, 3.8) is 0 Å². The van der Waals surface area contributed by atoms with Gasteiger partial charge >= 0.3 is 153 Å². The van der Waals surface area contributed by atoms with Crippen molar-refractivity contribution >= 4 is 80.3 Å². The molecule has 2 aromatic carbocycles. The number of benzene rings is 2. The van der Waals surface area contributed by atoms with Crippen molar-refractivity contribution < 1.29 is 0 Å². The third kappa shape index (κ3) is 4.95. The molecule has 0 saturated carbocycles. The van der Waals surface area contributed by atoms with E-state index in [1.807, 2.05) is 0 Å².